The van der Waals surface area contributed by atoms with Gasteiger partial charge in [0.15, 0.2) is 0 Å². The molecule has 3 heteroatoms. The normalized spacial score (nSPS) is 12.6. The zero-order valence-electron chi connectivity index (χ0n) is 9.82. The van der Waals surface area contributed by atoms with Gasteiger partial charge in [0.25, 0.3) is 0 Å². The fourth-order valence-electron chi connectivity index (χ4n) is 1.85. The largest absolute Gasteiger partial charge is 0.469 e. The molecule has 2 nitrogen and oxygen atoms in total. The third kappa shape index (κ3) is 3.72. The average molecular weight is 294 g/mol. The Morgan fingerprint density at radius 3 is 2.53 bits per heavy atom. The van der Waals surface area contributed by atoms with Gasteiger partial charge in [-0.15, -0.1) is 0 Å². The predicted molar refractivity (Wildman–Crippen MR) is 73.1 cm³/mol. The van der Waals surface area contributed by atoms with Gasteiger partial charge < -0.3 is 9.73 Å². The quantitative estimate of drug-likeness (QED) is 0.914. The van der Waals surface area contributed by atoms with Crippen LogP contribution in [-0.2, 0) is 12.8 Å². The summed E-state index contributed by atoms with van der Waals surface area (Å²) in [4.78, 5) is 0. The number of hydrogen-bond donors (Lipinski definition) is 1. The molecule has 90 valence electrons. The Morgan fingerprint density at radius 1 is 1.18 bits per heavy atom. The van der Waals surface area contributed by atoms with E-state index in [1.807, 2.05) is 19.2 Å². The highest BCUT2D eigenvalue weighted by Gasteiger charge is 2.09. The molecule has 1 aromatic heterocycles. The molecule has 2 rings (SSSR count). The first-order chi connectivity index (χ1) is 8.28. The van der Waals surface area contributed by atoms with Crippen molar-refractivity contribution in [1.82, 2.24) is 5.32 Å². The van der Waals surface area contributed by atoms with Crippen molar-refractivity contribution in [3.8, 4) is 0 Å². The smallest absolute Gasteiger partial charge is 0.105 e. The van der Waals surface area contributed by atoms with Crippen molar-refractivity contribution in [2.45, 2.75) is 18.9 Å². The first-order valence-corrected chi connectivity index (χ1v) is 6.51. The lowest BCUT2D eigenvalue weighted by atomic mass is 10.0. The van der Waals surface area contributed by atoms with E-state index < -0.39 is 0 Å². The average Bonchev–Trinajstić information content (AvgIpc) is 2.84. The molecule has 1 aromatic carbocycles. The van der Waals surface area contributed by atoms with E-state index >= 15 is 0 Å². The monoisotopic (exact) mass is 293 g/mol. The summed E-state index contributed by atoms with van der Waals surface area (Å²) in [6, 6.07) is 12.8. The van der Waals surface area contributed by atoms with Crippen LogP contribution in [0.4, 0.5) is 0 Å². The van der Waals surface area contributed by atoms with Crippen LogP contribution in [0.2, 0.25) is 0 Å². The number of furan rings is 1. The van der Waals surface area contributed by atoms with Gasteiger partial charge in [-0.3, -0.25) is 0 Å². The number of nitrogens with one attached hydrogen (secondary N) is 1. The number of hydrogen-bond acceptors (Lipinski definition) is 2. The first-order valence-electron chi connectivity index (χ1n) is 5.72. The lowest BCUT2D eigenvalue weighted by Gasteiger charge is -2.14. The molecule has 0 spiro atoms. The molecule has 0 aliphatic carbocycles. The molecule has 1 N–H and O–H groups in total. The van der Waals surface area contributed by atoms with Crippen molar-refractivity contribution in [3.63, 3.8) is 0 Å². The minimum atomic E-state index is 0.405. The van der Waals surface area contributed by atoms with Crippen LogP contribution in [0.15, 0.2) is 51.6 Å². The molecule has 0 saturated carbocycles. The summed E-state index contributed by atoms with van der Waals surface area (Å²) in [5.74, 6) is 1.03. The summed E-state index contributed by atoms with van der Waals surface area (Å²) < 4.78 is 6.49. The van der Waals surface area contributed by atoms with E-state index in [1.54, 1.807) is 6.26 Å². The zero-order chi connectivity index (χ0) is 12.1. The second-order valence-electron chi connectivity index (χ2n) is 4.10. The highest BCUT2D eigenvalue weighted by molar-refractivity contribution is 9.10. The minimum Gasteiger partial charge on any atom is -0.469 e. The molecule has 0 amide bonds. The molecule has 1 heterocycles. The van der Waals surface area contributed by atoms with E-state index in [9.17, 15) is 0 Å². The Kier molecular flexibility index (Phi) is 4.40. The van der Waals surface area contributed by atoms with Crippen molar-refractivity contribution in [3.05, 3.63) is 58.5 Å². The maximum absolute atomic E-state index is 5.38. The summed E-state index contributed by atoms with van der Waals surface area (Å²) in [6.07, 6.45) is 3.64. The molecule has 0 radical (unpaired) electrons. The summed E-state index contributed by atoms with van der Waals surface area (Å²) in [5.41, 5.74) is 1.33. The molecule has 2 aromatic rings. The Balaban J connectivity index is 1.97. The van der Waals surface area contributed by atoms with Crippen LogP contribution in [-0.4, -0.2) is 13.1 Å². The number of rotatable bonds is 5. The van der Waals surface area contributed by atoms with E-state index in [4.69, 9.17) is 4.42 Å². The maximum atomic E-state index is 5.38. The Morgan fingerprint density at radius 2 is 1.94 bits per heavy atom. The summed E-state index contributed by atoms with van der Waals surface area (Å²) in [7, 11) is 1.99. The Bertz CT molecular complexity index is 436. The molecular formula is C14H16BrNO. The molecule has 0 fully saturated rings. The number of likely N-dealkylation sites (N-methyl/N-ethyl adjacent to an activating group) is 1. The van der Waals surface area contributed by atoms with Crippen LogP contribution < -0.4 is 5.32 Å². The van der Waals surface area contributed by atoms with Crippen molar-refractivity contribution in [2.24, 2.45) is 0 Å². The van der Waals surface area contributed by atoms with Gasteiger partial charge in [-0.25, -0.2) is 0 Å². The van der Waals surface area contributed by atoms with Crippen LogP contribution in [0.5, 0.6) is 0 Å². The SMILES string of the molecule is CNC(Cc1ccc(Br)cc1)Cc1ccco1. The molecule has 0 aliphatic heterocycles. The highest BCUT2D eigenvalue weighted by atomic mass is 79.9. The van der Waals surface area contributed by atoms with Gasteiger partial charge in [0.05, 0.1) is 6.26 Å². The summed E-state index contributed by atoms with van der Waals surface area (Å²) >= 11 is 3.45. The van der Waals surface area contributed by atoms with E-state index in [2.05, 4.69) is 45.5 Å². The number of benzene rings is 1. The second-order valence-corrected chi connectivity index (χ2v) is 5.02. The van der Waals surface area contributed by atoms with Crippen LogP contribution in [0, 0.1) is 0 Å². The second kappa shape index (κ2) is 6.03. The molecule has 0 aliphatic rings. The molecular weight excluding hydrogens is 278 g/mol. The third-order valence-corrected chi connectivity index (χ3v) is 3.36. The van der Waals surface area contributed by atoms with Crippen LogP contribution in [0.25, 0.3) is 0 Å². The molecule has 1 unspecified atom stereocenters. The van der Waals surface area contributed by atoms with Crippen molar-refractivity contribution < 1.29 is 4.42 Å². The van der Waals surface area contributed by atoms with E-state index in [0.29, 0.717) is 6.04 Å². The van der Waals surface area contributed by atoms with Crippen LogP contribution in [0.3, 0.4) is 0 Å². The van der Waals surface area contributed by atoms with Crippen molar-refractivity contribution in [1.29, 1.82) is 0 Å². The third-order valence-electron chi connectivity index (χ3n) is 2.83. The maximum Gasteiger partial charge on any atom is 0.105 e. The Hall–Kier alpha value is -1.06. The van der Waals surface area contributed by atoms with E-state index in [0.717, 1.165) is 23.1 Å². The van der Waals surface area contributed by atoms with E-state index in [-0.39, 0.29) is 0 Å². The first kappa shape index (κ1) is 12.4. The molecule has 0 saturated heterocycles. The molecule has 17 heavy (non-hydrogen) atoms. The van der Waals surface area contributed by atoms with Crippen LogP contribution in [0.1, 0.15) is 11.3 Å². The van der Waals surface area contributed by atoms with Crippen LogP contribution >= 0.6 is 15.9 Å². The summed E-state index contributed by atoms with van der Waals surface area (Å²) in [5, 5.41) is 3.33. The van der Waals surface area contributed by atoms with Gasteiger partial charge in [-0.2, -0.15) is 0 Å². The van der Waals surface area contributed by atoms with Gasteiger partial charge >= 0.3 is 0 Å². The lowest BCUT2D eigenvalue weighted by Crippen LogP contribution is -2.29. The minimum absolute atomic E-state index is 0.405. The van der Waals surface area contributed by atoms with Crippen molar-refractivity contribution in [2.75, 3.05) is 7.05 Å². The standard InChI is InChI=1S/C14H16BrNO/c1-16-13(10-14-3-2-8-17-14)9-11-4-6-12(15)7-5-11/h2-8,13,16H,9-10H2,1H3. The van der Waals surface area contributed by atoms with Gasteiger partial charge in [0.2, 0.25) is 0 Å². The highest BCUT2D eigenvalue weighted by Crippen LogP contribution is 2.13. The van der Waals surface area contributed by atoms with E-state index in [1.165, 1.54) is 5.56 Å². The van der Waals surface area contributed by atoms with Gasteiger partial charge in [0, 0.05) is 16.9 Å². The topological polar surface area (TPSA) is 25.2 Å². The summed E-state index contributed by atoms with van der Waals surface area (Å²) in [6.45, 7) is 0. The van der Waals surface area contributed by atoms with Gasteiger partial charge in [0.1, 0.15) is 5.76 Å². The Labute approximate surface area is 110 Å². The molecule has 1 atom stereocenters. The zero-order valence-corrected chi connectivity index (χ0v) is 11.4. The van der Waals surface area contributed by atoms with Gasteiger partial charge in [-0.05, 0) is 43.3 Å². The van der Waals surface area contributed by atoms with Gasteiger partial charge in [-0.1, -0.05) is 28.1 Å². The van der Waals surface area contributed by atoms with Crippen molar-refractivity contribution >= 4 is 15.9 Å². The fraction of sp³-hybridized carbons (Fsp3) is 0.286. The fourth-order valence-corrected chi connectivity index (χ4v) is 2.12. The lowest BCUT2D eigenvalue weighted by molar-refractivity contribution is 0.456. The molecule has 0 bridgehead atoms. The number of halogens is 1. The predicted octanol–water partition coefficient (Wildman–Crippen LogP) is 3.42.